The fraction of sp³-hybridized carbons (Fsp3) is 0.344. The Morgan fingerprint density at radius 1 is 0.951 bits per heavy atom. The van der Waals surface area contributed by atoms with Gasteiger partial charge in [0.15, 0.2) is 17.1 Å². The number of furan rings is 1. The number of aromatic nitrogens is 1. The lowest BCUT2D eigenvalue weighted by Gasteiger charge is -2.32. The second kappa shape index (κ2) is 12.3. The summed E-state index contributed by atoms with van der Waals surface area (Å²) < 4.78 is 22.8. The van der Waals surface area contributed by atoms with E-state index in [0.717, 1.165) is 42.4 Å². The number of nitrogens with zero attached hydrogens (tertiary/aromatic N) is 1. The Bertz CT molecular complexity index is 1540. The van der Waals surface area contributed by atoms with Crippen LogP contribution >= 0.6 is 0 Å². The van der Waals surface area contributed by atoms with Crippen LogP contribution in [-0.2, 0) is 4.79 Å². The number of ether oxygens (including phenoxy) is 3. The van der Waals surface area contributed by atoms with Crippen molar-refractivity contribution in [2.45, 2.75) is 38.6 Å². The smallest absolute Gasteiger partial charge is 0.251 e. The average molecular weight is 558 g/mol. The normalized spacial score (nSPS) is 16.7. The van der Waals surface area contributed by atoms with Crippen molar-refractivity contribution in [2.75, 3.05) is 27.9 Å². The van der Waals surface area contributed by atoms with Crippen molar-refractivity contribution in [2.24, 2.45) is 5.92 Å². The number of nitrogens with one attached hydrogen (secondary N) is 2. The molecule has 2 atom stereocenters. The van der Waals surface area contributed by atoms with Gasteiger partial charge in [0.2, 0.25) is 11.7 Å². The van der Waals surface area contributed by atoms with E-state index in [1.807, 2.05) is 42.5 Å². The van der Waals surface area contributed by atoms with Crippen molar-refractivity contribution in [3.8, 4) is 39.7 Å². The van der Waals surface area contributed by atoms with Gasteiger partial charge in [-0.2, -0.15) is 0 Å². The van der Waals surface area contributed by atoms with Crippen LogP contribution in [0.4, 0.5) is 0 Å². The molecule has 0 spiro atoms. The van der Waals surface area contributed by atoms with Crippen LogP contribution in [0.3, 0.4) is 0 Å². The van der Waals surface area contributed by atoms with Crippen LogP contribution in [0.2, 0.25) is 0 Å². The summed E-state index contributed by atoms with van der Waals surface area (Å²) in [5, 5.41) is 6.13. The van der Waals surface area contributed by atoms with Crippen molar-refractivity contribution in [3.63, 3.8) is 0 Å². The Morgan fingerprint density at radius 2 is 1.71 bits per heavy atom. The van der Waals surface area contributed by atoms with E-state index in [1.54, 1.807) is 40.5 Å². The zero-order chi connectivity index (χ0) is 28.9. The summed E-state index contributed by atoms with van der Waals surface area (Å²) in [6.45, 7) is 2.06. The summed E-state index contributed by atoms with van der Waals surface area (Å²) in [4.78, 5) is 29.3. The SMILES string of the molecule is COc1cc(-c2cc3nccc(-c4cccc(C(=O)NCC5CCCCC5NC(C)=O)c4)c3o2)cc(OC)c1OC. The number of hydrogen-bond donors (Lipinski definition) is 2. The van der Waals surface area contributed by atoms with Gasteiger partial charge in [0.1, 0.15) is 11.3 Å². The van der Waals surface area contributed by atoms with Gasteiger partial charge in [-0.15, -0.1) is 0 Å². The van der Waals surface area contributed by atoms with E-state index in [0.29, 0.717) is 46.2 Å². The fourth-order valence-corrected chi connectivity index (χ4v) is 5.59. The molecule has 41 heavy (non-hydrogen) atoms. The summed E-state index contributed by atoms with van der Waals surface area (Å²) in [6, 6.07) is 15.0. The first-order chi connectivity index (χ1) is 19.9. The van der Waals surface area contributed by atoms with Crippen molar-refractivity contribution in [3.05, 3.63) is 60.3 Å². The van der Waals surface area contributed by atoms with Crippen LogP contribution in [0, 0.1) is 5.92 Å². The second-order valence-corrected chi connectivity index (χ2v) is 10.2. The largest absolute Gasteiger partial charge is 0.493 e. The lowest BCUT2D eigenvalue weighted by Crippen LogP contribution is -2.45. The molecule has 2 amide bonds. The molecule has 1 fully saturated rings. The molecule has 2 heterocycles. The van der Waals surface area contributed by atoms with Gasteiger partial charge in [-0.25, -0.2) is 0 Å². The maximum Gasteiger partial charge on any atom is 0.251 e. The average Bonchev–Trinajstić information content (AvgIpc) is 3.44. The van der Waals surface area contributed by atoms with Gasteiger partial charge < -0.3 is 29.3 Å². The maximum atomic E-state index is 13.2. The number of pyridine rings is 1. The third-order valence-corrected chi connectivity index (χ3v) is 7.62. The molecular formula is C32H35N3O6. The molecule has 1 saturated carbocycles. The number of hydrogen-bond acceptors (Lipinski definition) is 7. The predicted octanol–water partition coefficient (Wildman–Crippen LogP) is 5.61. The number of amides is 2. The van der Waals surface area contributed by atoms with Crippen LogP contribution in [0.5, 0.6) is 17.2 Å². The third kappa shape index (κ3) is 5.99. The van der Waals surface area contributed by atoms with Crippen molar-refractivity contribution in [1.29, 1.82) is 0 Å². The molecule has 2 N–H and O–H groups in total. The maximum absolute atomic E-state index is 13.2. The van der Waals surface area contributed by atoms with Gasteiger partial charge >= 0.3 is 0 Å². The molecule has 9 heteroatoms. The van der Waals surface area contributed by atoms with Gasteiger partial charge in [-0.05, 0) is 54.7 Å². The lowest BCUT2D eigenvalue weighted by molar-refractivity contribution is -0.120. The quantitative estimate of drug-likeness (QED) is 0.275. The Kier molecular flexibility index (Phi) is 8.42. The van der Waals surface area contributed by atoms with Crippen molar-refractivity contribution < 1.29 is 28.2 Å². The summed E-state index contributed by atoms with van der Waals surface area (Å²) in [5.41, 5.74) is 4.25. The summed E-state index contributed by atoms with van der Waals surface area (Å²) in [6.07, 6.45) is 5.84. The highest BCUT2D eigenvalue weighted by Gasteiger charge is 2.26. The van der Waals surface area contributed by atoms with Gasteiger partial charge in [-0.3, -0.25) is 14.6 Å². The number of carbonyl (C=O) groups excluding carboxylic acids is 2. The second-order valence-electron chi connectivity index (χ2n) is 10.2. The number of rotatable bonds is 9. The Morgan fingerprint density at radius 3 is 2.41 bits per heavy atom. The van der Waals surface area contributed by atoms with E-state index >= 15 is 0 Å². The van der Waals surface area contributed by atoms with Crippen molar-refractivity contribution >= 4 is 22.9 Å². The van der Waals surface area contributed by atoms with Crippen LogP contribution in [0.25, 0.3) is 33.6 Å². The minimum absolute atomic E-state index is 0.0315. The van der Waals surface area contributed by atoms with Crippen LogP contribution in [-0.4, -0.2) is 50.7 Å². The first-order valence-electron chi connectivity index (χ1n) is 13.8. The first kappa shape index (κ1) is 28.0. The molecule has 2 aromatic heterocycles. The Labute approximate surface area is 239 Å². The van der Waals surface area contributed by atoms with Gasteiger partial charge in [0.25, 0.3) is 5.91 Å². The number of benzene rings is 2. The number of fused-ring (bicyclic) bond motifs is 1. The highest BCUT2D eigenvalue weighted by molar-refractivity contribution is 5.98. The zero-order valence-corrected chi connectivity index (χ0v) is 23.8. The molecule has 4 aromatic rings. The third-order valence-electron chi connectivity index (χ3n) is 7.62. The van der Waals surface area contributed by atoms with E-state index in [9.17, 15) is 9.59 Å². The minimum Gasteiger partial charge on any atom is -0.493 e. The Balaban J connectivity index is 1.40. The molecule has 5 rings (SSSR count). The predicted molar refractivity (Wildman–Crippen MR) is 156 cm³/mol. The molecule has 2 unspecified atom stereocenters. The molecule has 0 aliphatic heterocycles. The molecule has 9 nitrogen and oxygen atoms in total. The first-order valence-corrected chi connectivity index (χ1v) is 13.8. The molecule has 0 bridgehead atoms. The molecule has 1 aliphatic rings. The van der Waals surface area contributed by atoms with Gasteiger partial charge in [0.05, 0.1) is 21.3 Å². The molecule has 214 valence electrons. The van der Waals surface area contributed by atoms with Crippen LogP contribution in [0.1, 0.15) is 43.0 Å². The van der Waals surface area contributed by atoms with E-state index in [1.165, 1.54) is 0 Å². The Hall–Kier alpha value is -4.53. The van der Waals surface area contributed by atoms with Gasteiger partial charge in [0, 0.05) is 48.5 Å². The summed E-state index contributed by atoms with van der Waals surface area (Å²) >= 11 is 0. The lowest BCUT2D eigenvalue weighted by atomic mass is 9.84. The molecule has 2 aromatic carbocycles. The molecule has 1 aliphatic carbocycles. The van der Waals surface area contributed by atoms with Gasteiger partial charge in [-0.1, -0.05) is 25.0 Å². The zero-order valence-electron chi connectivity index (χ0n) is 23.8. The summed E-state index contributed by atoms with van der Waals surface area (Å²) in [7, 11) is 4.70. The van der Waals surface area contributed by atoms with Crippen LogP contribution < -0.4 is 24.8 Å². The summed E-state index contributed by atoms with van der Waals surface area (Å²) in [5.74, 6) is 2.16. The number of carbonyl (C=O) groups is 2. The van der Waals surface area contributed by atoms with E-state index in [2.05, 4.69) is 15.6 Å². The highest BCUT2D eigenvalue weighted by Crippen LogP contribution is 2.43. The van der Waals surface area contributed by atoms with Crippen LogP contribution in [0.15, 0.2) is 59.1 Å². The van der Waals surface area contributed by atoms with E-state index < -0.39 is 0 Å². The molecule has 0 radical (unpaired) electrons. The van der Waals surface area contributed by atoms with E-state index in [-0.39, 0.29) is 23.8 Å². The van der Waals surface area contributed by atoms with Crippen molar-refractivity contribution in [1.82, 2.24) is 15.6 Å². The van der Waals surface area contributed by atoms with E-state index in [4.69, 9.17) is 18.6 Å². The topological polar surface area (TPSA) is 112 Å². The molecule has 0 saturated heterocycles. The minimum atomic E-state index is -0.151. The fourth-order valence-electron chi connectivity index (χ4n) is 5.59. The highest BCUT2D eigenvalue weighted by atomic mass is 16.5. The monoisotopic (exact) mass is 557 g/mol. The number of methoxy groups -OCH3 is 3. The molecular weight excluding hydrogens is 522 g/mol. The standard InChI is InChI=1S/C32H35N3O6/c1-19(36)35-25-11-6-5-8-22(25)18-34-32(37)21-10-7-9-20(14-21)24-12-13-33-26-17-27(41-30(24)26)23-15-28(38-2)31(40-4)29(16-23)39-3/h7,9-10,12-17,22,25H,5-6,8,11,18H2,1-4H3,(H,34,37)(H,35,36).